The Hall–Kier alpha value is -4.47. The molecule has 1 fully saturated rings. The standard InChI is InChI=1S/C30H32N6O3/c31-15-23(17-32-16-20-4-2-1-3-5-20)29(38)34-24-14-26(30(39)33-18-24)28-13-22-12-21(6-7-27(22)35-28)19-36-10-8-25(37)9-11-36/h1-7,12-15,17-18,25,35,37H,8-11,16,19,31H2,(H,33,39)(H,34,38). The van der Waals surface area contributed by atoms with Gasteiger partial charge in [0.15, 0.2) is 0 Å². The van der Waals surface area contributed by atoms with Crippen LogP contribution in [-0.4, -0.2) is 51.3 Å². The first kappa shape index (κ1) is 26.1. The normalized spacial score (nSPS) is 15.3. The molecule has 1 amide bonds. The van der Waals surface area contributed by atoms with Crippen molar-refractivity contribution < 1.29 is 9.90 Å². The molecule has 2 aromatic carbocycles. The lowest BCUT2D eigenvalue weighted by molar-refractivity contribution is -0.112. The highest BCUT2D eigenvalue weighted by molar-refractivity contribution is 6.17. The highest BCUT2D eigenvalue weighted by Crippen LogP contribution is 2.25. The summed E-state index contributed by atoms with van der Waals surface area (Å²) in [5, 5.41) is 13.5. The van der Waals surface area contributed by atoms with Crippen molar-refractivity contribution in [2.24, 2.45) is 10.7 Å². The average Bonchev–Trinajstić information content (AvgIpc) is 3.37. The third-order valence-electron chi connectivity index (χ3n) is 6.89. The smallest absolute Gasteiger partial charge is 0.258 e. The molecule has 2 aromatic heterocycles. The van der Waals surface area contributed by atoms with E-state index >= 15 is 0 Å². The summed E-state index contributed by atoms with van der Waals surface area (Å²) in [7, 11) is 0. The van der Waals surface area contributed by atoms with Crippen molar-refractivity contribution in [2.75, 3.05) is 18.4 Å². The summed E-state index contributed by atoms with van der Waals surface area (Å²) < 4.78 is 0. The van der Waals surface area contributed by atoms with E-state index in [2.05, 4.69) is 37.3 Å². The fourth-order valence-electron chi connectivity index (χ4n) is 4.73. The Labute approximate surface area is 226 Å². The molecule has 0 aliphatic carbocycles. The van der Waals surface area contributed by atoms with Gasteiger partial charge >= 0.3 is 0 Å². The predicted octanol–water partition coefficient (Wildman–Crippen LogP) is 3.53. The van der Waals surface area contributed by atoms with Crippen LogP contribution in [0.15, 0.2) is 88.4 Å². The fraction of sp³-hybridized carbons (Fsp3) is 0.233. The van der Waals surface area contributed by atoms with Gasteiger partial charge in [0.25, 0.3) is 11.5 Å². The molecule has 1 aliphatic heterocycles. The van der Waals surface area contributed by atoms with Crippen LogP contribution in [0.2, 0.25) is 0 Å². The van der Waals surface area contributed by atoms with Gasteiger partial charge in [0.05, 0.1) is 35.2 Å². The van der Waals surface area contributed by atoms with Crippen LogP contribution in [0.1, 0.15) is 24.0 Å². The monoisotopic (exact) mass is 524 g/mol. The van der Waals surface area contributed by atoms with Crippen molar-refractivity contribution >= 4 is 28.7 Å². The van der Waals surface area contributed by atoms with E-state index in [9.17, 15) is 14.7 Å². The maximum Gasteiger partial charge on any atom is 0.258 e. The van der Waals surface area contributed by atoms with Crippen LogP contribution in [0.3, 0.4) is 0 Å². The number of amides is 1. The number of aromatic amines is 2. The first-order valence-electron chi connectivity index (χ1n) is 13.0. The number of aliphatic imine (C=N–C) groups is 1. The number of aromatic nitrogens is 2. The number of H-pyrrole nitrogens is 2. The number of aliphatic hydroxyl groups is 1. The van der Waals surface area contributed by atoms with E-state index in [1.807, 2.05) is 42.5 Å². The van der Waals surface area contributed by atoms with Crippen LogP contribution in [0.4, 0.5) is 5.69 Å². The molecule has 0 radical (unpaired) electrons. The van der Waals surface area contributed by atoms with Gasteiger partial charge in [-0.15, -0.1) is 0 Å². The lowest BCUT2D eigenvalue weighted by Gasteiger charge is -2.29. The number of anilines is 1. The molecule has 0 saturated carbocycles. The summed E-state index contributed by atoms with van der Waals surface area (Å²) >= 11 is 0. The quantitative estimate of drug-likeness (QED) is 0.177. The number of likely N-dealkylation sites (tertiary alicyclic amines) is 1. The molecule has 1 saturated heterocycles. The van der Waals surface area contributed by atoms with Crippen molar-refractivity contribution in [1.82, 2.24) is 14.9 Å². The minimum Gasteiger partial charge on any atom is -0.404 e. The van der Waals surface area contributed by atoms with Gasteiger partial charge in [0, 0.05) is 49.1 Å². The van der Waals surface area contributed by atoms with Gasteiger partial charge in [-0.3, -0.25) is 19.5 Å². The highest BCUT2D eigenvalue weighted by Gasteiger charge is 2.17. The highest BCUT2D eigenvalue weighted by atomic mass is 16.3. The van der Waals surface area contributed by atoms with E-state index < -0.39 is 5.91 Å². The first-order valence-corrected chi connectivity index (χ1v) is 13.0. The van der Waals surface area contributed by atoms with E-state index in [0.29, 0.717) is 23.5 Å². The minimum atomic E-state index is -0.432. The minimum absolute atomic E-state index is 0.194. The van der Waals surface area contributed by atoms with Gasteiger partial charge < -0.3 is 26.1 Å². The summed E-state index contributed by atoms with van der Waals surface area (Å²) in [6.45, 7) is 3.01. The van der Waals surface area contributed by atoms with Crippen molar-refractivity contribution in [3.05, 3.63) is 100 Å². The number of rotatable bonds is 8. The number of hydrogen-bond acceptors (Lipinski definition) is 6. The molecule has 5 rings (SSSR count). The zero-order valence-electron chi connectivity index (χ0n) is 21.6. The molecule has 39 heavy (non-hydrogen) atoms. The summed E-state index contributed by atoms with van der Waals surface area (Å²) in [6.07, 6.45) is 5.51. The maximum absolute atomic E-state index is 12.8. The Kier molecular flexibility index (Phi) is 8.00. The Morgan fingerprint density at radius 3 is 2.67 bits per heavy atom. The maximum atomic E-state index is 12.8. The van der Waals surface area contributed by atoms with Crippen LogP contribution in [0, 0.1) is 0 Å². The van der Waals surface area contributed by atoms with Crippen LogP contribution >= 0.6 is 0 Å². The number of carbonyl (C=O) groups is 1. The van der Waals surface area contributed by atoms with Crippen molar-refractivity contribution in [3.63, 3.8) is 0 Å². The molecule has 1 aliphatic rings. The molecule has 0 atom stereocenters. The molecule has 0 spiro atoms. The third-order valence-corrected chi connectivity index (χ3v) is 6.89. The molecule has 200 valence electrons. The second-order valence-corrected chi connectivity index (χ2v) is 9.77. The van der Waals surface area contributed by atoms with Gasteiger partial charge in [-0.25, -0.2) is 0 Å². The fourth-order valence-corrected chi connectivity index (χ4v) is 4.73. The molecule has 9 nitrogen and oxygen atoms in total. The average molecular weight is 525 g/mol. The number of nitrogens with zero attached hydrogens (tertiary/aromatic N) is 2. The lowest BCUT2D eigenvalue weighted by Crippen LogP contribution is -2.35. The zero-order chi connectivity index (χ0) is 27.2. The molecule has 4 aromatic rings. The number of aliphatic hydroxyl groups excluding tert-OH is 1. The van der Waals surface area contributed by atoms with E-state index in [4.69, 9.17) is 5.73 Å². The third kappa shape index (κ3) is 6.51. The number of fused-ring (bicyclic) bond motifs is 1. The van der Waals surface area contributed by atoms with Gasteiger partial charge in [0.1, 0.15) is 0 Å². The van der Waals surface area contributed by atoms with Crippen LogP contribution in [-0.2, 0) is 17.9 Å². The van der Waals surface area contributed by atoms with Crippen LogP contribution in [0.25, 0.3) is 22.2 Å². The number of nitrogens with two attached hydrogens (primary N) is 1. The molecule has 3 heterocycles. The molecule has 0 unspecified atom stereocenters. The van der Waals surface area contributed by atoms with E-state index in [-0.39, 0.29) is 17.2 Å². The van der Waals surface area contributed by atoms with Crippen molar-refractivity contribution in [1.29, 1.82) is 0 Å². The Bertz CT molecular complexity index is 1560. The Balaban J connectivity index is 1.29. The predicted molar refractivity (Wildman–Crippen MR) is 154 cm³/mol. The zero-order valence-corrected chi connectivity index (χ0v) is 21.6. The number of benzene rings is 2. The van der Waals surface area contributed by atoms with E-state index in [0.717, 1.165) is 48.9 Å². The van der Waals surface area contributed by atoms with Gasteiger partial charge in [-0.2, -0.15) is 0 Å². The van der Waals surface area contributed by atoms with E-state index in [1.165, 1.54) is 24.2 Å². The van der Waals surface area contributed by atoms with Gasteiger partial charge in [-0.1, -0.05) is 36.4 Å². The number of nitrogens with one attached hydrogen (secondary N) is 3. The van der Waals surface area contributed by atoms with Crippen molar-refractivity contribution in [2.45, 2.75) is 32.0 Å². The van der Waals surface area contributed by atoms with Crippen LogP contribution < -0.4 is 16.6 Å². The second-order valence-electron chi connectivity index (χ2n) is 9.77. The molecule has 9 heteroatoms. The lowest BCUT2D eigenvalue weighted by atomic mass is 10.1. The van der Waals surface area contributed by atoms with Gasteiger partial charge in [-0.05, 0) is 48.2 Å². The van der Waals surface area contributed by atoms with E-state index in [1.54, 1.807) is 6.07 Å². The summed E-state index contributed by atoms with van der Waals surface area (Å²) in [6, 6.07) is 19.5. The molecule has 6 N–H and O–H groups in total. The summed E-state index contributed by atoms with van der Waals surface area (Å²) in [4.78, 5) is 38.2. The molecular weight excluding hydrogens is 492 g/mol. The second kappa shape index (κ2) is 11.9. The largest absolute Gasteiger partial charge is 0.404 e. The summed E-state index contributed by atoms with van der Waals surface area (Å²) in [5.74, 6) is -0.432. The first-order chi connectivity index (χ1) is 19.0. The molecule has 0 bridgehead atoms. The Morgan fingerprint density at radius 2 is 1.90 bits per heavy atom. The number of piperidine rings is 1. The summed E-state index contributed by atoms with van der Waals surface area (Å²) in [5.41, 5.74) is 10.2. The van der Waals surface area contributed by atoms with Crippen molar-refractivity contribution in [3.8, 4) is 11.3 Å². The SMILES string of the molecule is NC=C(C=NCc1ccccc1)C(=O)Nc1c[nH]c(=O)c(-c2cc3cc(CN4CCC(O)CC4)ccc3[nH]2)c1. The Morgan fingerprint density at radius 1 is 1.10 bits per heavy atom. The number of hydrogen-bond donors (Lipinski definition) is 5. The topological polar surface area (TPSA) is 140 Å². The molecular formula is C30H32N6O3. The number of carbonyl (C=O) groups excluding carboxylic acids is 1. The van der Waals surface area contributed by atoms with Gasteiger partial charge in [0.2, 0.25) is 0 Å². The van der Waals surface area contributed by atoms with Crippen LogP contribution in [0.5, 0.6) is 0 Å². The number of pyridine rings is 1.